The Balaban J connectivity index is 2.06. The van der Waals surface area contributed by atoms with E-state index in [1.807, 2.05) is 0 Å². The third kappa shape index (κ3) is 2.78. The van der Waals surface area contributed by atoms with Crippen LogP contribution in [0, 0.1) is 5.82 Å². The summed E-state index contributed by atoms with van der Waals surface area (Å²) in [6.45, 7) is 0. The molecule has 0 aliphatic carbocycles. The van der Waals surface area contributed by atoms with Gasteiger partial charge in [-0.1, -0.05) is 35.3 Å². The van der Waals surface area contributed by atoms with Gasteiger partial charge in [0.2, 0.25) is 0 Å². The van der Waals surface area contributed by atoms with Gasteiger partial charge < -0.3 is 9.84 Å². The van der Waals surface area contributed by atoms with Crippen molar-refractivity contribution >= 4 is 35.0 Å². The maximum absolute atomic E-state index is 13.3. The quantitative estimate of drug-likeness (QED) is 0.852. The summed E-state index contributed by atoms with van der Waals surface area (Å²) >= 11 is 12.2. The minimum Gasteiger partial charge on any atom is -0.478 e. The van der Waals surface area contributed by atoms with Crippen LogP contribution in [0.4, 0.5) is 4.39 Å². The predicted molar refractivity (Wildman–Crippen MR) is 82.1 cm³/mol. The monoisotopic (exact) mass is 354 g/mol. The van der Waals surface area contributed by atoms with Gasteiger partial charge in [0.05, 0.1) is 5.02 Å². The third-order valence-corrected chi connectivity index (χ3v) is 4.36. The second kappa shape index (κ2) is 5.83. The molecule has 0 fully saturated rings. The number of benzene rings is 2. The maximum atomic E-state index is 13.3. The van der Waals surface area contributed by atoms with E-state index in [0.29, 0.717) is 5.56 Å². The van der Waals surface area contributed by atoms with E-state index in [1.54, 1.807) is 0 Å². The predicted octanol–water partition coefficient (Wildman–Crippen LogP) is 3.75. The number of halogens is 3. The zero-order chi connectivity index (χ0) is 16.7. The van der Waals surface area contributed by atoms with Gasteiger partial charge in [-0.15, -0.1) is 0 Å². The highest BCUT2D eigenvalue weighted by molar-refractivity contribution is 6.45. The van der Waals surface area contributed by atoms with Gasteiger partial charge in [-0.25, -0.2) is 9.18 Å². The van der Waals surface area contributed by atoms with Crippen LogP contribution in [0.25, 0.3) is 0 Å². The summed E-state index contributed by atoms with van der Waals surface area (Å²) in [7, 11) is 0. The van der Waals surface area contributed by atoms with Crippen molar-refractivity contribution in [2.24, 2.45) is 0 Å². The van der Waals surface area contributed by atoms with Crippen LogP contribution < -0.4 is 4.74 Å². The molecule has 2 aromatic rings. The Labute approximate surface area is 140 Å². The fraction of sp³-hybridized carbons (Fsp3) is 0.125. The average Bonchev–Trinajstić information content (AvgIpc) is 2.95. The van der Waals surface area contributed by atoms with E-state index in [4.69, 9.17) is 33.0 Å². The molecular formula is C16H9Cl2FO4. The van der Waals surface area contributed by atoms with E-state index < -0.39 is 23.7 Å². The number of rotatable bonds is 3. The minimum atomic E-state index is -1.13. The zero-order valence-electron chi connectivity index (χ0n) is 11.5. The molecular weight excluding hydrogens is 346 g/mol. The lowest BCUT2D eigenvalue weighted by Gasteiger charge is -2.10. The molecule has 3 rings (SSSR count). The van der Waals surface area contributed by atoms with Crippen molar-refractivity contribution in [2.75, 3.05) is 0 Å². The molecule has 0 radical (unpaired) electrons. The number of ketones is 1. The number of carboxylic acid groups (broad SMARTS) is 1. The van der Waals surface area contributed by atoms with E-state index in [9.17, 15) is 14.0 Å². The molecule has 0 aromatic heterocycles. The lowest BCUT2D eigenvalue weighted by Crippen LogP contribution is -2.24. The lowest BCUT2D eigenvalue weighted by atomic mass is 9.99. The molecule has 0 spiro atoms. The normalized spacial score (nSPS) is 15.9. The Morgan fingerprint density at radius 3 is 2.61 bits per heavy atom. The van der Waals surface area contributed by atoms with Crippen LogP contribution >= 0.6 is 23.2 Å². The second-order valence-electron chi connectivity index (χ2n) is 5.03. The van der Waals surface area contributed by atoms with E-state index in [2.05, 4.69) is 0 Å². The van der Waals surface area contributed by atoms with Crippen LogP contribution in [0.15, 0.2) is 30.3 Å². The van der Waals surface area contributed by atoms with Crippen LogP contribution in [-0.4, -0.2) is 23.0 Å². The number of hydrogen-bond donors (Lipinski definition) is 1. The van der Waals surface area contributed by atoms with Crippen molar-refractivity contribution in [3.05, 3.63) is 62.9 Å². The summed E-state index contributed by atoms with van der Waals surface area (Å²) in [4.78, 5) is 23.6. The second-order valence-corrected chi connectivity index (χ2v) is 5.78. The topological polar surface area (TPSA) is 63.6 Å². The molecule has 1 heterocycles. The number of carbonyl (C=O) groups excluding carboxylic acids is 1. The smallest absolute Gasteiger partial charge is 0.345 e. The molecule has 1 aliphatic rings. The Morgan fingerprint density at radius 1 is 1.22 bits per heavy atom. The molecule has 2 aromatic carbocycles. The maximum Gasteiger partial charge on any atom is 0.345 e. The van der Waals surface area contributed by atoms with Crippen molar-refractivity contribution < 1.29 is 23.8 Å². The van der Waals surface area contributed by atoms with Crippen LogP contribution in [-0.2, 0) is 11.2 Å². The number of fused-ring (bicyclic) bond motifs is 1. The standard InChI is InChI=1S/C16H9Cl2FO4/c17-12-10(14(20)7-2-1-3-9(19)4-7)5-8-6-11(16(21)22)23-15(8)13(12)18/h1-5,11H,6H2,(H,21,22). The Bertz CT molecular complexity index is 835. The first kappa shape index (κ1) is 15.8. The highest BCUT2D eigenvalue weighted by Gasteiger charge is 2.33. The first-order chi connectivity index (χ1) is 10.9. The van der Waals surface area contributed by atoms with Crippen molar-refractivity contribution in [2.45, 2.75) is 12.5 Å². The Morgan fingerprint density at radius 2 is 1.96 bits per heavy atom. The molecule has 1 N–H and O–H groups in total. The summed E-state index contributed by atoms with van der Waals surface area (Å²) in [6, 6.07) is 6.63. The van der Waals surface area contributed by atoms with Gasteiger partial charge in [-0.05, 0) is 18.2 Å². The number of carbonyl (C=O) groups is 2. The average molecular weight is 355 g/mol. The molecule has 1 unspecified atom stereocenters. The number of ether oxygens (including phenoxy) is 1. The first-order valence-electron chi connectivity index (χ1n) is 6.59. The Hall–Kier alpha value is -2.11. The van der Waals surface area contributed by atoms with Crippen molar-refractivity contribution in [1.82, 2.24) is 0 Å². The van der Waals surface area contributed by atoms with Gasteiger partial charge in [0.25, 0.3) is 0 Å². The van der Waals surface area contributed by atoms with E-state index in [0.717, 1.165) is 6.07 Å². The van der Waals surface area contributed by atoms with E-state index in [-0.39, 0.29) is 33.3 Å². The van der Waals surface area contributed by atoms with Crippen LogP contribution in [0.1, 0.15) is 21.5 Å². The molecule has 7 heteroatoms. The molecule has 1 atom stereocenters. The first-order valence-corrected chi connectivity index (χ1v) is 7.34. The third-order valence-electron chi connectivity index (χ3n) is 3.51. The molecule has 0 amide bonds. The van der Waals surface area contributed by atoms with Gasteiger partial charge in [0, 0.05) is 23.1 Å². The van der Waals surface area contributed by atoms with Gasteiger partial charge in [0.1, 0.15) is 16.6 Å². The molecule has 23 heavy (non-hydrogen) atoms. The SMILES string of the molecule is O=C(c1cccc(F)c1)c1cc2c(c(Cl)c1Cl)OC(C(=O)O)C2. The van der Waals surface area contributed by atoms with Crippen molar-refractivity contribution in [3.8, 4) is 5.75 Å². The Kier molecular flexibility index (Phi) is 4.00. The van der Waals surface area contributed by atoms with Gasteiger partial charge in [0.15, 0.2) is 11.9 Å². The highest BCUT2D eigenvalue weighted by atomic mass is 35.5. The van der Waals surface area contributed by atoms with Gasteiger partial charge >= 0.3 is 5.97 Å². The summed E-state index contributed by atoms with van der Waals surface area (Å²) in [5.74, 6) is -2.02. The molecule has 0 bridgehead atoms. The number of hydrogen-bond acceptors (Lipinski definition) is 3. The highest BCUT2D eigenvalue weighted by Crippen LogP contribution is 2.43. The lowest BCUT2D eigenvalue weighted by molar-refractivity contribution is -0.144. The fourth-order valence-electron chi connectivity index (χ4n) is 2.41. The summed E-state index contributed by atoms with van der Waals surface area (Å²) < 4.78 is 18.5. The molecule has 0 saturated carbocycles. The number of carboxylic acids is 1. The van der Waals surface area contributed by atoms with Crippen molar-refractivity contribution in [3.63, 3.8) is 0 Å². The zero-order valence-corrected chi connectivity index (χ0v) is 13.0. The minimum absolute atomic E-state index is 0.0207. The molecule has 1 aliphatic heterocycles. The van der Waals surface area contributed by atoms with E-state index >= 15 is 0 Å². The van der Waals surface area contributed by atoms with E-state index in [1.165, 1.54) is 24.3 Å². The van der Waals surface area contributed by atoms with Gasteiger partial charge in [-0.2, -0.15) is 0 Å². The summed E-state index contributed by atoms with van der Waals surface area (Å²) in [6.07, 6.45) is -0.997. The largest absolute Gasteiger partial charge is 0.478 e. The molecule has 118 valence electrons. The summed E-state index contributed by atoms with van der Waals surface area (Å²) in [5, 5.41) is 8.95. The molecule has 4 nitrogen and oxygen atoms in total. The summed E-state index contributed by atoms with van der Waals surface area (Å²) in [5.41, 5.74) is 0.679. The molecule has 0 saturated heterocycles. The van der Waals surface area contributed by atoms with Crippen molar-refractivity contribution in [1.29, 1.82) is 0 Å². The number of aliphatic carboxylic acids is 1. The van der Waals surface area contributed by atoms with Crippen LogP contribution in [0.2, 0.25) is 10.0 Å². The fourth-order valence-corrected chi connectivity index (χ4v) is 2.91. The van der Waals surface area contributed by atoms with Gasteiger partial charge in [-0.3, -0.25) is 4.79 Å². The van der Waals surface area contributed by atoms with Crippen LogP contribution in [0.5, 0.6) is 5.75 Å². The van der Waals surface area contributed by atoms with Crippen LogP contribution in [0.3, 0.4) is 0 Å².